The fraction of sp³-hybridized carbons (Fsp3) is 0.0500. The number of nitrogens with one attached hydrogen (secondary N) is 1. The number of nitrogens with two attached hydrogens (primary N) is 2. The fourth-order valence-corrected chi connectivity index (χ4v) is 3.72. The van der Waals surface area contributed by atoms with Gasteiger partial charge in [0.05, 0.1) is 16.1 Å². The molecule has 3 aromatic rings. The molecule has 0 aliphatic carbocycles. The van der Waals surface area contributed by atoms with Crippen LogP contribution in [-0.4, -0.2) is 14.3 Å². The average molecular weight is 381 g/mol. The summed E-state index contributed by atoms with van der Waals surface area (Å²) in [7, 11) is -3.87. The minimum absolute atomic E-state index is 0.0746. The predicted octanol–water partition coefficient (Wildman–Crippen LogP) is 3.14. The maximum Gasteiger partial charge on any atom is 0.261 e. The molecule has 0 aromatic heterocycles. The quantitative estimate of drug-likeness (QED) is 0.589. The van der Waals surface area contributed by atoms with Gasteiger partial charge < -0.3 is 11.5 Å². The van der Waals surface area contributed by atoms with Crippen LogP contribution in [0.2, 0.25) is 0 Å². The van der Waals surface area contributed by atoms with Gasteiger partial charge in [-0.2, -0.15) is 0 Å². The summed E-state index contributed by atoms with van der Waals surface area (Å²) in [5.74, 6) is -0.708. The Kier molecular flexibility index (Phi) is 4.87. The molecule has 0 aliphatic heterocycles. The van der Waals surface area contributed by atoms with E-state index in [1.807, 2.05) is 25.1 Å². The second-order valence-corrected chi connectivity index (χ2v) is 7.79. The SMILES string of the molecule is Cc1ccc(-c2ccc(S(=O)(=O)Nc3ccccc3C(N)=O)cc2)cc1N. The van der Waals surface area contributed by atoms with Crippen molar-refractivity contribution in [2.24, 2.45) is 5.73 Å². The number of aryl methyl sites for hydroxylation is 1. The Hall–Kier alpha value is -3.32. The third kappa shape index (κ3) is 3.93. The summed E-state index contributed by atoms with van der Waals surface area (Å²) in [4.78, 5) is 11.5. The van der Waals surface area contributed by atoms with Crippen molar-refractivity contribution < 1.29 is 13.2 Å². The highest BCUT2D eigenvalue weighted by Crippen LogP contribution is 2.26. The zero-order valence-electron chi connectivity index (χ0n) is 14.6. The summed E-state index contributed by atoms with van der Waals surface area (Å²) in [5.41, 5.74) is 14.9. The molecular formula is C20H19N3O3S. The van der Waals surface area contributed by atoms with Crippen LogP contribution in [0.5, 0.6) is 0 Å². The van der Waals surface area contributed by atoms with E-state index in [1.54, 1.807) is 24.3 Å². The van der Waals surface area contributed by atoms with Crippen LogP contribution >= 0.6 is 0 Å². The molecule has 0 atom stereocenters. The summed E-state index contributed by atoms with van der Waals surface area (Å²) >= 11 is 0. The van der Waals surface area contributed by atoms with Gasteiger partial charge in [0.2, 0.25) is 0 Å². The predicted molar refractivity (Wildman–Crippen MR) is 107 cm³/mol. The summed E-state index contributed by atoms with van der Waals surface area (Å²) < 4.78 is 27.7. The van der Waals surface area contributed by atoms with Crippen LogP contribution in [0, 0.1) is 6.92 Å². The smallest absolute Gasteiger partial charge is 0.261 e. The number of anilines is 2. The van der Waals surface area contributed by atoms with Gasteiger partial charge in [-0.25, -0.2) is 8.42 Å². The first-order valence-corrected chi connectivity index (χ1v) is 9.64. The maximum atomic E-state index is 12.6. The van der Waals surface area contributed by atoms with Crippen molar-refractivity contribution in [2.45, 2.75) is 11.8 Å². The Labute approximate surface area is 157 Å². The van der Waals surface area contributed by atoms with Gasteiger partial charge in [-0.1, -0.05) is 36.4 Å². The van der Waals surface area contributed by atoms with E-state index < -0.39 is 15.9 Å². The number of sulfonamides is 1. The Morgan fingerprint density at radius 3 is 2.19 bits per heavy atom. The monoisotopic (exact) mass is 381 g/mol. The van der Waals surface area contributed by atoms with E-state index in [4.69, 9.17) is 11.5 Å². The number of carbonyl (C=O) groups is 1. The fourth-order valence-electron chi connectivity index (χ4n) is 2.64. The highest BCUT2D eigenvalue weighted by molar-refractivity contribution is 7.92. The molecule has 3 aromatic carbocycles. The number of amides is 1. The first kappa shape index (κ1) is 18.5. The lowest BCUT2D eigenvalue weighted by atomic mass is 10.0. The van der Waals surface area contributed by atoms with Gasteiger partial charge in [-0.05, 0) is 53.9 Å². The van der Waals surface area contributed by atoms with Crippen molar-refractivity contribution in [3.63, 3.8) is 0 Å². The molecule has 0 bridgehead atoms. The van der Waals surface area contributed by atoms with Crippen LogP contribution in [0.3, 0.4) is 0 Å². The van der Waals surface area contributed by atoms with Crippen molar-refractivity contribution in [3.05, 3.63) is 77.9 Å². The minimum atomic E-state index is -3.87. The molecule has 138 valence electrons. The third-order valence-electron chi connectivity index (χ3n) is 4.21. The molecule has 0 heterocycles. The minimum Gasteiger partial charge on any atom is -0.398 e. The summed E-state index contributed by atoms with van der Waals surface area (Å²) in [6.45, 7) is 1.92. The Bertz CT molecular complexity index is 1110. The van der Waals surface area contributed by atoms with E-state index in [2.05, 4.69) is 4.72 Å². The molecule has 27 heavy (non-hydrogen) atoms. The van der Waals surface area contributed by atoms with Gasteiger partial charge >= 0.3 is 0 Å². The van der Waals surface area contributed by atoms with Gasteiger partial charge in [0, 0.05) is 5.69 Å². The number of rotatable bonds is 5. The molecule has 0 radical (unpaired) electrons. The lowest BCUT2D eigenvalue weighted by molar-refractivity contribution is 0.100. The third-order valence-corrected chi connectivity index (χ3v) is 5.60. The number of hydrogen-bond donors (Lipinski definition) is 3. The Morgan fingerprint density at radius 1 is 0.926 bits per heavy atom. The van der Waals surface area contributed by atoms with Crippen LogP contribution in [0.25, 0.3) is 11.1 Å². The Balaban J connectivity index is 1.90. The average Bonchev–Trinajstić information content (AvgIpc) is 2.64. The van der Waals surface area contributed by atoms with Crippen LogP contribution in [0.15, 0.2) is 71.6 Å². The summed E-state index contributed by atoms with van der Waals surface area (Å²) in [5, 5.41) is 0. The number of para-hydroxylation sites is 1. The summed E-state index contributed by atoms with van der Waals surface area (Å²) in [6.07, 6.45) is 0. The zero-order chi connectivity index (χ0) is 19.6. The number of primary amides is 1. The molecular weight excluding hydrogens is 362 g/mol. The highest BCUT2D eigenvalue weighted by Gasteiger charge is 2.17. The second-order valence-electron chi connectivity index (χ2n) is 6.11. The molecule has 5 N–H and O–H groups in total. The van der Waals surface area contributed by atoms with Crippen molar-refractivity contribution in [3.8, 4) is 11.1 Å². The van der Waals surface area contributed by atoms with E-state index in [1.165, 1.54) is 24.3 Å². The molecule has 1 amide bonds. The second kappa shape index (κ2) is 7.13. The van der Waals surface area contributed by atoms with Crippen molar-refractivity contribution in [2.75, 3.05) is 10.5 Å². The Morgan fingerprint density at radius 2 is 1.56 bits per heavy atom. The van der Waals surface area contributed by atoms with E-state index in [0.29, 0.717) is 5.69 Å². The molecule has 7 heteroatoms. The summed E-state index contributed by atoms with van der Waals surface area (Å²) in [6, 6.07) is 18.3. The molecule has 6 nitrogen and oxygen atoms in total. The maximum absolute atomic E-state index is 12.6. The van der Waals surface area contributed by atoms with Crippen LogP contribution in [-0.2, 0) is 10.0 Å². The first-order valence-electron chi connectivity index (χ1n) is 8.16. The molecule has 0 saturated carbocycles. The van der Waals surface area contributed by atoms with Gasteiger partial charge in [0.25, 0.3) is 15.9 Å². The zero-order valence-corrected chi connectivity index (χ0v) is 15.5. The van der Waals surface area contributed by atoms with Crippen LogP contribution in [0.4, 0.5) is 11.4 Å². The van der Waals surface area contributed by atoms with Crippen molar-refractivity contribution >= 4 is 27.3 Å². The molecule has 0 fully saturated rings. The van der Waals surface area contributed by atoms with E-state index in [-0.39, 0.29) is 16.1 Å². The van der Waals surface area contributed by atoms with E-state index in [0.717, 1.165) is 16.7 Å². The highest BCUT2D eigenvalue weighted by atomic mass is 32.2. The van der Waals surface area contributed by atoms with Gasteiger partial charge in [-0.3, -0.25) is 9.52 Å². The largest absolute Gasteiger partial charge is 0.398 e. The van der Waals surface area contributed by atoms with E-state index in [9.17, 15) is 13.2 Å². The number of nitrogen functional groups attached to an aromatic ring is 1. The molecule has 0 spiro atoms. The lowest BCUT2D eigenvalue weighted by Crippen LogP contribution is -2.18. The number of benzene rings is 3. The normalized spacial score (nSPS) is 11.1. The molecule has 3 rings (SSSR count). The standard InChI is InChI=1S/C20H19N3O3S/c1-13-6-7-15(12-18(13)21)14-8-10-16(11-9-14)27(25,26)23-19-5-3-2-4-17(19)20(22)24/h2-12,23H,21H2,1H3,(H2,22,24). The molecule has 0 unspecified atom stereocenters. The van der Waals surface area contributed by atoms with Crippen molar-refractivity contribution in [1.29, 1.82) is 0 Å². The number of hydrogen-bond acceptors (Lipinski definition) is 4. The van der Waals surface area contributed by atoms with E-state index >= 15 is 0 Å². The molecule has 0 aliphatic rings. The topological polar surface area (TPSA) is 115 Å². The molecule has 0 saturated heterocycles. The number of carbonyl (C=O) groups excluding carboxylic acids is 1. The van der Waals surface area contributed by atoms with Gasteiger partial charge in [-0.15, -0.1) is 0 Å². The van der Waals surface area contributed by atoms with Crippen LogP contribution in [0.1, 0.15) is 15.9 Å². The lowest BCUT2D eigenvalue weighted by Gasteiger charge is -2.11. The van der Waals surface area contributed by atoms with Crippen molar-refractivity contribution in [1.82, 2.24) is 0 Å². The van der Waals surface area contributed by atoms with Gasteiger partial charge in [0.1, 0.15) is 0 Å². The first-order chi connectivity index (χ1) is 12.8. The van der Waals surface area contributed by atoms with Crippen LogP contribution < -0.4 is 16.2 Å². The van der Waals surface area contributed by atoms with Gasteiger partial charge in [0.15, 0.2) is 0 Å².